The molecule has 3 rings (SSSR count). The normalized spacial score (nSPS) is 22.1. The van der Waals surface area contributed by atoms with Crippen LogP contribution in [0.15, 0.2) is 48.5 Å². The van der Waals surface area contributed by atoms with Gasteiger partial charge in [-0.25, -0.2) is 0 Å². The van der Waals surface area contributed by atoms with Gasteiger partial charge < -0.3 is 14.8 Å². The Hall–Kier alpha value is -2.07. The predicted octanol–water partition coefficient (Wildman–Crippen LogP) is 5.36. The summed E-state index contributed by atoms with van der Waals surface area (Å²) in [6.45, 7) is 5.17. The Balaban J connectivity index is 1.66. The monoisotopic (exact) mass is 383 g/mol. The molecule has 3 atom stereocenters. The van der Waals surface area contributed by atoms with Crippen LogP contribution < -0.4 is 14.8 Å². The van der Waals surface area contributed by atoms with E-state index < -0.39 is 0 Å². The molecule has 0 heterocycles. The van der Waals surface area contributed by atoms with E-state index in [-0.39, 0.29) is 0 Å². The molecule has 1 N–H and O–H groups in total. The van der Waals surface area contributed by atoms with E-state index in [2.05, 4.69) is 19.2 Å². The van der Waals surface area contributed by atoms with Gasteiger partial charge >= 0.3 is 0 Å². The average Bonchev–Trinajstić information content (AvgIpc) is 2.70. The summed E-state index contributed by atoms with van der Waals surface area (Å²) in [4.78, 5) is 0.786. The number of methoxy groups -OCH3 is 1. The van der Waals surface area contributed by atoms with Gasteiger partial charge in [0.05, 0.1) is 7.11 Å². The zero-order valence-corrected chi connectivity index (χ0v) is 17.2. The van der Waals surface area contributed by atoms with Crippen molar-refractivity contribution >= 4 is 17.2 Å². The molecule has 0 aromatic heterocycles. The number of nitrogens with one attached hydrogen (secondary N) is 1. The highest BCUT2D eigenvalue weighted by atomic mass is 32.1. The molecule has 0 amide bonds. The van der Waals surface area contributed by atoms with Crippen molar-refractivity contribution in [1.82, 2.24) is 5.32 Å². The summed E-state index contributed by atoms with van der Waals surface area (Å²) in [7, 11) is 1.66. The Morgan fingerprint density at radius 2 is 1.85 bits per heavy atom. The molecule has 3 nitrogen and oxygen atoms in total. The van der Waals surface area contributed by atoms with Gasteiger partial charge in [0, 0.05) is 11.6 Å². The highest BCUT2D eigenvalue weighted by Crippen LogP contribution is 2.31. The minimum atomic E-state index is 0.446. The Labute approximate surface area is 168 Å². The summed E-state index contributed by atoms with van der Waals surface area (Å²) < 4.78 is 11.5. The maximum atomic E-state index is 5.94. The fraction of sp³-hybridized carbons (Fsp3) is 0.435. The van der Waals surface area contributed by atoms with E-state index in [9.17, 15) is 0 Å². The van der Waals surface area contributed by atoms with Crippen molar-refractivity contribution in [2.24, 2.45) is 11.8 Å². The molecular weight excluding hydrogens is 354 g/mol. The van der Waals surface area contributed by atoms with Crippen LogP contribution in [-0.4, -0.2) is 18.1 Å². The predicted molar refractivity (Wildman–Crippen MR) is 115 cm³/mol. The van der Waals surface area contributed by atoms with Gasteiger partial charge in [-0.15, -0.1) is 0 Å². The van der Waals surface area contributed by atoms with Gasteiger partial charge in [-0.2, -0.15) is 0 Å². The van der Waals surface area contributed by atoms with E-state index in [0.29, 0.717) is 24.3 Å². The summed E-state index contributed by atoms with van der Waals surface area (Å²) in [6.07, 6.45) is 3.76. The molecule has 0 bridgehead atoms. The SMILES string of the molecule is COc1cc(C(=S)N[C@@H]2CCC[C@H](C)[C@H]2C)ccc1OCc1ccccc1. The second kappa shape index (κ2) is 9.23. The van der Waals surface area contributed by atoms with Crippen LogP contribution in [0.5, 0.6) is 11.5 Å². The van der Waals surface area contributed by atoms with Crippen molar-refractivity contribution in [3.8, 4) is 11.5 Å². The molecule has 1 saturated carbocycles. The second-order valence-corrected chi connectivity index (χ2v) is 7.90. The van der Waals surface area contributed by atoms with Crippen molar-refractivity contribution in [3.05, 3.63) is 59.7 Å². The minimum absolute atomic E-state index is 0.446. The smallest absolute Gasteiger partial charge is 0.161 e. The zero-order chi connectivity index (χ0) is 19.2. The lowest BCUT2D eigenvalue weighted by molar-refractivity contribution is 0.225. The van der Waals surface area contributed by atoms with E-state index in [1.807, 2.05) is 48.5 Å². The highest BCUT2D eigenvalue weighted by Gasteiger charge is 2.27. The van der Waals surface area contributed by atoms with Crippen LogP contribution in [0, 0.1) is 11.8 Å². The number of hydrogen-bond donors (Lipinski definition) is 1. The number of thiocarbonyl (C=S) groups is 1. The summed E-state index contributed by atoms with van der Waals surface area (Å²) in [5, 5.41) is 3.58. The molecule has 2 aromatic carbocycles. The molecule has 1 fully saturated rings. The van der Waals surface area contributed by atoms with E-state index in [4.69, 9.17) is 21.7 Å². The van der Waals surface area contributed by atoms with E-state index in [1.165, 1.54) is 19.3 Å². The van der Waals surface area contributed by atoms with Gasteiger partial charge in [-0.3, -0.25) is 0 Å². The molecule has 27 heavy (non-hydrogen) atoms. The average molecular weight is 384 g/mol. The van der Waals surface area contributed by atoms with Crippen LogP contribution in [0.1, 0.15) is 44.2 Å². The van der Waals surface area contributed by atoms with E-state index in [0.717, 1.165) is 27.8 Å². The lowest BCUT2D eigenvalue weighted by Crippen LogP contribution is -2.43. The number of ether oxygens (including phenoxy) is 2. The van der Waals surface area contributed by atoms with Crippen LogP contribution in [0.3, 0.4) is 0 Å². The van der Waals surface area contributed by atoms with Crippen molar-refractivity contribution in [3.63, 3.8) is 0 Å². The maximum absolute atomic E-state index is 5.94. The Morgan fingerprint density at radius 3 is 2.59 bits per heavy atom. The van der Waals surface area contributed by atoms with Gasteiger partial charge in [0.2, 0.25) is 0 Å². The number of hydrogen-bond acceptors (Lipinski definition) is 3. The topological polar surface area (TPSA) is 30.5 Å². The van der Waals surface area contributed by atoms with Crippen LogP contribution in [0.25, 0.3) is 0 Å². The van der Waals surface area contributed by atoms with Crippen molar-refractivity contribution in [2.75, 3.05) is 7.11 Å². The molecule has 0 radical (unpaired) electrons. The Morgan fingerprint density at radius 1 is 1.07 bits per heavy atom. The molecule has 0 saturated heterocycles. The van der Waals surface area contributed by atoms with Crippen LogP contribution in [0.2, 0.25) is 0 Å². The summed E-state index contributed by atoms with van der Waals surface area (Å²) >= 11 is 5.68. The largest absolute Gasteiger partial charge is 0.493 e. The molecule has 1 aliphatic carbocycles. The lowest BCUT2D eigenvalue weighted by atomic mass is 9.78. The first-order valence-corrected chi connectivity index (χ1v) is 10.1. The molecule has 2 aromatic rings. The standard InChI is InChI=1S/C23H29NO2S/c1-16-8-7-11-20(17(16)2)24-23(27)19-12-13-21(22(14-19)25-3)26-15-18-9-5-4-6-10-18/h4-6,9-10,12-14,16-17,20H,7-8,11,15H2,1-3H3,(H,24,27)/t16-,17+,20+/m0/s1. The minimum Gasteiger partial charge on any atom is -0.493 e. The summed E-state index contributed by atoms with van der Waals surface area (Å²) in [5.41, 5.74) is 2.10. The highest BCUT2D eigenvalue weighted by molar-refractivity contribution is 7.80. The molecule has 4 heteroatoms. The van der Waals surface area contributed by atoms with Crippen LogP contribution in [-0.2, 0) is 6.61 Å². The first kappa shape index (κ1) is 19.7. The van der Waals surface area contributed by atoms with Gasteiger partial charge in [-0.1, -0.05) is 69.2 Å². The summed E-state index contributed by atoms with van der Waals surface area (Å²) in [5.74, 6) is 2.81. The molecule has 0 aliphatic heterocycles. The van der Waals surface area contributed by atoms with Crippen molar-refractivity contribution in [1.29, 1.82) is 0 Å². The summed E-state index contributed by atoms with van der Waals surface area (Å²) in [6, 6.07) is 16.5. The van der Waals surface area contributed by atoms with Crippen molar-refractivity contribution < 1.29 is 9.47 Å². The molecule has 1 aliphatic rings. The molecule has 0 unspecified atom stereocenters. The molecular formula is C23H29NO2S. The third-order valence-electron chi connectivity index (χ3n) is 5.69. The van der Waals surface area contributed by atoms with Gasteiger partial charge in [0.25, 0.3) is 0 Å². The number of rotatable bonds is 6. The van der Waals surface area contributed by atoms with Crippen molar-refractivity contribution in [2.45, 2.75) is 45.8 Å². The molecule has 0 spiro atoms. The third kappa shape index (κ3) is 5.01. The molecule has 144 valence electrons. The number of benzene rings is 2. The third-order valence-corrected chi connectivity index (χ3v) is 6.04. The fourth-order valence-corrected chi connectivity index (χ4v) is 3.98. The quantitative estimate of drug-likeness (QED) is 0.680. The Kier molecular flexibility index (Phi) is 6.73. The van der Waals surface area contributed by atoms with Gasteiger partial charge in [0.1, 0.15) is 11.6 Å². The second-order valence-electron chi connectivity index (χ2n) is 7.49. The van der Waals surface area contributed by atoms with E-state index >= 15 is 0 Å². The Bertz CT molecular complexity index is 762. The van der Waals surface area contributed by atoms with E-state index in [1.54, 1.807) is 7.11 Å². The zero-order valence-electron chi connectivity index (χ0n) is 16.4. The van der Waals surface area contributed by atoms with Gasteiger partial charge in [-0.05, 0) is 42.0 Å². The van der Waals surface area contributed by atoms with Crippen LogP contribution >= 0.6 is 12.2 Å². The van der Waals surface area contributed by atoms with Gasteiger partial charge in [0.15, 0.2) is 11.5 Å². The first-order valence-electron chi connectivity index (χ1n) is 9.74. The maximum Gasteiger partial charge on any atom is 0.161 e. The fourth-order valence-electron chi connectivity index (χ4n) is 3.70. The van der Waals surface area contributed by atoms with Crippen LogP contribution in [0.4, 0.5) is 0 Å². The first-order chi connectivity index (χ1) is 13.1. The lowest BCUT2D eigenvalue weighted by Gasteiger charge is -2.35.